The monoisotopic (exact) mass is 308 g/mol. The molecule has 0 radical (unpaired) electrons. The van der Waals surface area contributed by atoms with Crippen molar-refractivity contribution in [1.82, 2.24) is 10.3 Å². The molecule has 1 fully saturated rings. The lowest BCUT2D eigenvalue weighted by Crippen LogP contribution is -2.55. The number of amides is 1. The normalized spacial score (nSPS) is 25.9. The van der Waals surface area contributed by atoms with E-state index in [9.17, 15) is 14.7 Å². The predicted octanol–water partition coefficient (Wildman–Crippen LogP) is 2.61. The fourth-order valence-electron chi connectivity index (χ4n) is 2.54. The Morgan fingerprint density at radius 1 is 1.48 bits per heavy atom. The minimum Gasteiger partial charge on any atom is -0.480 e. The minimum absolute atomic E-state index is 0.377. The molecule has 114 valence electrons. The van der Waals surface area contributed by atoms with Crippen LogP contribution in [0.2, 0.25) is 0 Å². The number of aryl methyl sites for hydroxylation is 1. The first-order chi connectivity index (χ1) is 9.91. The fraction of sp³-hybridized carbons (Fsp3) is 0.533. The third-order valence-corrected chi connectivity index (χ3v) is 4.73. The summed E-state index contributed by atoms with van der Waals surface area (Å²) in [5.41, 5.74) is -0.402. The standard InChI is InChI=1S/C15H20N2O3S/c1-10-5-7-15(8-6-10,14(19)20)17-13(18)4-3-12-9-21-11(2)16-12/h3-4,9-10H,5-8H2,1-2H3,(H,17,18)(H,19,20)/b4-3+. The summed E-state index contributed by atoms with van der Waals surface area (Å²) in [6.45, 7) is 4.00. The fourth-order valence-corrected chi connectivity index (χ4v) is 3.12. The van der Waals surface area contributed by atoms with Crippen molar-refractivity contribution in [2.45, 2.75) is 45.1 Å². The molecule has 1 amide bonds. The van der Waals surface area contributed by atoms with E-state index in [1.807, 2.05) is 12.3 Å². The Kier molecular flexibility index (Phi) is 4.77. The molecule has 1 aromatic heterocycles. The number of nitrogens with one attached hydrogen (secondary N) is 1. The first-order valence-corrected chi connectivity index (χ1v) is 7.95. The van der Waals surface area contributed by atoms with Crippen LogP contribution >= 0.6 is 11.3 Å². The number of aromatic nitrogens is 1. The smallest absolute Gasteiger partial charge is 0.329 e. The minimum atomic E-state index is -1.12. The van der Waals surface area contributed by atoms with E-state index in [1.165, 1.54) is 17.4 Å². The zero-order valence-corrected chi connectivity index (χ0v) is 13.1. The number of rotatable bonds is 4. The van der Waals surface area contributed by atoms with Gasteiger partial charge in [-0.1, -0.05) is 6.92 Å². The molecule has 2 N–H and O–H groups in total. The second-order valence-electron chi connectivity index (χ2n) is 5.68. The molecular weight excluding hydrogens is 288 g/mol. The van der Waals surface area contributed by atoms with E-state index in [-0.39, 0.29) is 5.91 Å². The largest absolute Gasteiger partial charge is 0.480 e. The van der Waals surface area contributed by atoms with Gasteiger partial charge in [0.25, 0.3) is 0 Å². The van der Waals surface area contributed by atoms with Gasteiger partial charge in [0.2, 0.25) is 5.91 Å². The van der Waals surface area contributed by atoms with Gasteiger partial charge in [0.15, 0.2) is 0 Å². The van der Waals surface area contributed by atoms with Gasteiger partial charge in [0.05, 0.1) is 10.7 Å². The molecule has 1 saturated carbocycles. The number of aliphatic carboxylic acids is 1. The molecular formula is C15H20N2O3S. The van der Waals surface area contributed by atoms with E-state index in [0.717, 1.165) is 17.8 Å². The number of carboxylic acid groups (broad SMARTS) is 1. The molecule has 0 aromatic carbocycles. The van der Waals surface area contributed by atoms with E-state index in [4.69, 9.17) is 0 Å². The molecule has 1 aliphatic carbocycles. The number of carboxylic acids is 1. The molecule has 0 spiro atoms. The number of carbonyl (C=O) groups excluding carboxylic acids is 1. The zero-order chi connectivity index (χ0) is 15.5. The maximum Gasteiger partial charge on any atom is 0.329 e. The van der Waals surface area contributed by atoms with Crippen molar-refractivity contribution < 1.29 is 14.7 Å². The maximum absolute atomic E-state index is 12.0. The van der Waals surface area contributed by atoms with Crippen LogP contribution in [0.15, 0.2) is 11.5 Å². The van der Waals surface area contributed by atoms with E-state index in [1.54, 1.807) is 6.08 Å². The number of nitrogens with zero attached hydrogens (tertiary/aromatic N) is 1. The molecule has 21 heavy (non-hydrogen) atoms. The van der Waals surface area contributed by atoms with E-state index >= 15 is 0 Å². The summed E-state index contributed by atoms with van der Waals surface area (Å²) in [5, 5.41) is 14.9. The Labute approximate surface area is 128 Å². The van der Waals surface area contributed by atoms with Crippen LogP contribution in [0.5, 0.6) is 0 Å². The van der Waals surface area contributed by atoms with Crippen LogP contribution in [0.3, 0.4) is 0 Å². The van der Waals surface area contributed by atoms with Crippen LogP contribution in [0, 0.1) is 12.8 Å². The first kappa shape index (κ1) is 15.7. The van der Waals surface area contributed by atoms with Gasteiger partial charge in [-0.15, -0.1) is 11.3 Å². The van der Waals surface area contributed by atoms with Gasteiger partial charge < -0.3 is 10.4 Å². The van der Waals surface area contributed by atoms with Crippen LogP contribution in [0.25, 0.3) is 6.08 Å². The third-order valence-electron chi connectivity index (χ3n) is 3.94. The van der Waals surface area contributed by atoms with Crippen molar-refractivity contribution in [2.75, 3.05) is 0 Å². The van der Waals surface area contributed by atoms with Gasteiger partial charge in [-0.3, -0.25) is 4.79 Å². The summed E-state index contributed by atoms with van der Waals surface area (Å²) in [6.07, 6.45) is 5.58. The Hall–Kier alpha value is -1.69. The van der Waals surface area contributed by atoms with Crippen molar-refractivity contribution >= 4 is 29.3 Å². The van der Waals surface area contributed by atoms with Crippen LogP contribution in [-0.2, 0) is 9.59 Å². The molecule has 0 saturated heterocycles. The average molecular weight is 308 g/mol. The lowest BCUT2D eigenvalue weighted by Gasteiger charge is -2.36. The third kappa shape index (κ3) is 3.91. The molecule has 6 heteroatoms. The molecule has 5 nitrogen and oxygen atoms in total. The number of thiazole rings is 1. The molecule has 1 aliphatic rings. The van der Waals surface area contributed by atoms with Crippen molar-refractivity contribution in [3.05, 3.63) is 22.2 Å². The Morgan fingerprint density at radius 3 is 2.67 bits per heavy atom. The Balaban J connectivity index is 2.02. The number of carbonyl (C=O) groups is 2. The Morgan fingerprint density at radius 2 is 2.14 bits per heavy atom. The highest BCUT2D eigenvalue weighted by Gasteiger charge is 2.42. The second kappa shape index (κ2) is 6.39. The van der Waals surface area contributed by atoms with Gasteiger partial charge >= 0.3 is 5.97 Å². The summed E-state index contributed by atoms with van der Waals surface area (Å²) in [7, 11) is 0. The maximum atomic E-state index is 12.0. The quantitative estimate of drug-likeness (QED) is 0.838. The number of hydrogen-bond donors (Lipinski definition) is 2. The highest BCUT2D eigenvalue weighted by atomic mass is 32.1. The molecule has 0 unspecified atom stereocenters. The Bertz CT molecular complexity index is 557. The highest BCUT2D eigenvalue weighted by molar-refractivity contribution is 7.09. The van der Waals surface area contributed by atoms with Crippen LogP contribution in [0.4, 0.5) is 0 Å². The molecule has 0 atom stereocenters. The summed E-state index contributed by atoms with van der Waals surface area (Å²) in [5.74, 6) is -0.804. The van der Waals surface area contributed by atoms with Crippen molar-refractivity contribution in [1.29, 1.82) is 0 Å². The summed E-state index contributed by atoms with van der Waals surface area (Å²) < 4.78 is 0. The van der Waals surface area contributed by atoms with Gasteiger partial charge in [0.1, 0.15) is 5.54 Å². The number of hydrogen-bond acceptors (Lipinski definition) is 4. The van der Waals surface area contributed by atoms with Gasteiger partial charge in [-0.2, -0.15) is 0 Å². The first-order valence-electron chi connectivity index (χ1n) is 7.07. The highest BCUT2D eigenvalue weighted by Crippen LogP contribution is 2.32. The average Bonchev–Trinajstić information content (AvgIpc) is 2.85. The van der Waals surface area contributed by atoms with Gasteiger partial charge in [-0.25, -0.2) is 9.78 Å². The molecule has 1 aromatic rings. The van der Waals surface area contributed by atoms with E-state index in [2.05, 4.69) is 17.2 Å². The van der Waals surface area contributed by atoms with Crippen molar-refractivity contribution in [3.8, 4) is 0 Å². The SMILES string of the molecule is Cc1nc(/C=C/C(=O)NC2(C(=O)O)CCC(C)CC2)cs1. The second-order valence-corrected chi connectivity index (χ2v) is 6.75. The zero-order valence-electron chi connectivity index (χ0n) is 12.3. The lowest BCUT2D eigenvalue weighted by atomic mass is 9.77. The summed E-state index contributed by atoms with van der Waals surface area (Å²) >= 11 is 1.51. The molecule has 2 rings (SSSR count). The van der Waals surface area contributed by atoms with E-state index in [0.29, 0.717) is 24.5 Å². The van der Waals surface area contributed by atoms with Crippen LogP contribution in [-0.4, -0.2) is 27.5 Å². The van der Waals surface area contributed by atoms with Crippen LogP contribution < -0.4 is 5.32 Å². The topological polar surface area (TPSA) is 79.3 Å². The summed E-state index contributed by atoms with van der Waals surface area (Å²) in [6, 6.07) is 0. The van der Waals surface area contributed by atoms with Gasteiger partial charge in [0, 0.05) is 11.5 Å². The van der Waals surface area contributed by atoms with Crippen LogP contribution in [0.1, 0.15) is 43.3 Å². The molecule has 0 bridgehead atoms. The van der Waals surface area contributed by atoms with Crippen molar-refractivity contribution in [3.63, 3.8) is 0 Å². The summed E-state index contributed by atoms with van der Waals surface area (Å²) in [4.78, 5) is 27.8. The van der Waals surface area contributed by atoms with Crippen molar-refractivity contribution in [2.24, 2.45) is 5.92 Å². The van der Waals surface area contributed by atoms with Gasteiger partial charge in [-0.05, 0) is 44.6 Å². The lowest BCUT2D eigenvalue weighted by molar-refractivity contribution is -0.149. The van der Waals surface area contributed by atoms with E-state index < -0.39 is 11.5 Å². The predicted molar refractivity (Wildman–Crippen MR) is 82.0 cm³/mol. The molecule has 1 heterocycles. The molecule has 0 aliphatic heterocycles.